The largest absolute Gasteiger partial charge is 0.371 e. The second kappa shape index (κ2) is 5.49. The average Bonchev–Trinajstić information content (AvgIpc) is 2.68. The fraction of sp³-hybridized carbons (Fsp3) is 0.923. The van der Waals surface area contributed by atoms with Crippen LogP contribution in [0, 0.1) is 5.92 Å². The summed E-state index contributed by atoms with van der Waals surface area (Å²) in [4.78, 5) is 12.3. The van der Waals surface area contributed by atoms with Crippen LogP contribution in [0.3, 0.4) is 0 Å². The molecular formula is C13H23N3O4S. The Morgan fingerprint density at radius 3 is 2.57 bits per heavy atom. The molecule has 2 saturated heterocycles. The number of amides is 1. The van der Waals surface area contributed by atoms with Crippen molar-refractivity contribution in [3.63, 3.8) is 0 Å². The molecule has 120 valence electrons. The summed E-state index contributed by atoms with van der Waals surface area (Å²) >= 11 is 0. The van der Waals surface area contributed by atoms with Crippen molar-refractivity contribution in [3.8, 4) is 0 Å². The molecule has 0 aromatic carbocycles. The summed E-state index contributed by atoms with van der Waals surface area (Å²) in [6, 6.07) is 0.305. The van der Waals surface area contributed by atoms with Crippen molar-refractivity contribution in [3.05, 3.63) is 0 Å². The Bertz CT molecular complexity index is 518. The van der Waals surface area contributed by atoms with E-state index < -0.39 is 10.2 Å². The van der Waals surface area contributed by atoms with Crippen LogP contribution in [-0.2, 0) is 19.7 Å². The van der Waals surface area contributed by atoms with Gasteiger partial charge in [0.05, 0.1) is 18.1 Å². The van der Waals surface area contributed by atoms with E-state index in [4.69, 9.17) is 4.74 Å². The smallest absolute Gasteiger partial charge is 0.281 e. The molecule has 1 saturated carbocycles. The molecule has 0 radical (unpaired) electrons. The van der Waals surface area contributed by atoms with Crippen LogP contribution in [-0.4, -0.2) is 68.4 Å². The van der Waals surface area contributed by atoms with Gasteiger partial charge >= 0.3 is 0 Å². The monoisotopic (exact) mass is 317 g/mol. The number of nitrogens with one attached hydrogen (secondary N) is 1. The molecule has 0 aromatic heterocycles. The van der Waals surface area contributed by atoms with Crippen molar-refractivity contribution >= 4 is 16.1 Å². The van der Waals surface area contributed by atoms with Crippen LogP contribution in [0.25, 0.3) is 0 Å². The molecule has 7 nitrogen and oxygen atoms in total. The Balaban J connectivity index is 1.66. The number of carbonyl (C=O) groups is 1. The number of rotatable bonds is 4. The molecule has 0 unspecified atom stereocenters. The number of ether oxygens (including phenoxy) is 1. The molecule has 2 heterocycles. The van der Waals surface area contributed by atoms with E-state index in [1.54, 1.807) is 0 Å². The van der Waals surface area contributed by atoms with E-state index in [-0.39, 0.29) is 30.6 Å². The molecule has 2 bridgehead atoms. The lowest BCUT2D eigenvalue weighted by Gasteiger charge is -2.33. The lowest BCUT2D eigenvalue weighted by atomic mass is 9.91. The van der Waals surface area contributed by atoms with Crippen molar-refractivity contribution < 1.29 is 17.9 Å². The number of morpholine rings is 1. The number of fused-ring (bicyclic) bond motifs is 2. The summed E-state index contributed by atoms with van der Waals surface area (Å²) in [5.74, 6) is -0.200. The van der Waals surface area contributed by atoms with Gasteiger partial charge in [-0.05, 0) is 25.7 Å². The first-order chi connectivity index (χ1) is 9.88. The summed E-state index contributed by atoms with van der Waals surface area (Å²) in [6.07, 6.45) is 3.40. The molecule has 21 heavy (non-hydrogen) atoms. The van der Waals surface area contributed by atoms with Gasteiger partial charge in [-0.2, -0.15) is 17.0 Å². The third kappa shape index (κ3) is 2.81. The van der Waals surface area contributed by atoms with Crippen LogP contribution >= 0.6 is 0 Å². The Morgan fingerprint density at radius 1 is 1.29 bits per heavy atom. The van der Waals surface area contributed by atoms with Gasteiger partial charge in [-0.3, -0.25) is 4.79 Å². The van der Waals surface area contributed by atoms with E-state index in [1.165, 1.54) is 29.1 Å². The van der Waals surface area contributed by atoms with Crippen molar-refractivity contribution in [2.24, 2.45) is 5.92 Å². The minimum atomic E-state index is -3.44. The summed E-state index contributed by atoms with van der Waals surface area (Å²) in [7, 11) is -0.394. The number of carbonyl (C=O) groups excluding carboxylic acids is 1. The SMILES string of the molecule is CN(C)S(=O)(=O)N1C[C@H]2C[C@H](C(=O)NC3CCC3)[C@@H](C1)O2. The molecule has 0 aromatic rings. The van der Waals surface area contributed by atoms with Crippen molar-refractivity contribution in [1.29, 1.82) is 0 Å². The third-order valence-electron chi connectivity index (χ3n) is 4.70. The van der Waals surface area contributed by atoms with Gasteiger partial charge in [-0.1, -0.05) is 0 Å². The lowest BCUT2D eigenvalue weighted by molar-refractivity contribution is -0.128. The van der Waals surface area contributed by atoms with E-state index in [0.29, 0.717) is 19.0 Å². The predicted octanol–water partition coefficient (Wildman–Crippen LogP) is -0.449. The first-order valence-electron chi connectivity index (χ1n) is 7.51. The van der Waals surface area contributed by atoms with Gasteiger partial charge in [-0.25, -0.2) is 0 Å². The highest BCUT2D eigenvalue weighted by Gasteiger charge is 2.48. The highest BCUT2D eigenvalue weighted by molar-refractivity contribution is 7.86. The molecule has 1 aliphatic carbocycles. The maximum absolute atomic E-state index is 12.3. The van der Waals surface area contributed by atoms with Crippen LogP contribution in [0.4, 0.5) is 0 Å². The molecule has 8 heteroatoms. The summed E-state index contributed by atoms with van der Waals surface area (Å²) in [5, 5.41) is 3.05. The Kier molecular flexibility index (Phi) is 3.98. The van der Waals surface area contributed by atoms with Crippen LogP contribution in [0.15, 0.2) is 0 Å². The molecule has 3 aliphatic rings. The van der Waals surface area contributed by atoms with Gasteiger partial charge < -0.3 is 10.1 Å². The first-order valence-corrected chi connectivity index (χ1v) is 8.91. The zero-order chi connectivity index (χ0) is 15.2. The second-order valence-electron chi connectivity index (χ2n) is 6.38. The van der Waals surface area contributed by atoms with E-state index in [9.17, 15) is 13.2 Å². The van der Waals surface area contributed by atoms with Gasteiger partial charge in [0.25, 0.3) is 10.2 Å². The van der Waals surface area contributed by atoms with Gasteiger partial charge in [0.2, 0.25) is 5.91 Å². The van der Waals surface area contributed by atoms with Crippen LogP contribution in [0.1, 0.15) is 25.7 Å². The van der Waals surface area contributed by atoms with Gasteiger partial charge in [0.1, 0.15) is 0 Å². The number of hydrogen-bond acceptors (Lipinski definition) is 4. The minimum absolute atomic E-state index is 0.0244. The molecule has 2 aliphatic heterocycles. The fourth-order valence-corrected chi connectivity index (χ4v) is 4.33. The highest BCUT2D eigenvalue weighted by atomic mass is 32.2. The molecule has 3 atom stereocenters. The summed E-state index contributed by atoms with van der Waals surface area (Å²) in [5.41, 5.74) is 0. The van der Waals surface area contributed by atoms with Gasteiger partial charge in [-0.15, -0.1) is 0 Å². The van der Waals surface area contributed by atoms with Crippen LogP contribution < -0.4 is 5.32 Å². The standard InChI is InChI=1S/C13H23N3O4S/c1-15(2)21(18,19)16-7-10-6-11(12(8-16)20-10)13(17)14-9-4-3-5-9/h9-12H,3-8H2,1-2H3,(H,14,17)/t10-,11+,12-/m1/s1. The third-order valence-corrected chi connectivity index (χ3v) is 6.57. The summed E-state index contributed by atoms with van der Waals surface area (Å²) < 4.78 is 32.8. The first kappa shape index (κ1) is 15.2. The molecule has 0 spiro atoms. The minimum Gasteiger partial charge on any atom is -0.371 e. The maximum Gasteiger partial charge on any atom is 0.281 e. The highest BCUT2D eigenvalue weighted by Crippen LogP contribution is 2.34. The molecule has 3 rings (SSSR count). The molecule has 3 fully saturated rings. The maximum atomic E-state index is 12.3. The molecule has 1 amide bonds. The molecular weight excluding hydrogens is 294 g/mol. The predicted molar refractivity (Wildman–Crippen MR) is 76.7 cm³/mol. The topological polar surface area (TPSA) is 79.0 Å². The summed E-state index contributed by atoms with van der Waals surface area (Å²) in [6.45, 7) is 0.601. The van der Waals surface area contributed by atoms with Gasteiger partial charge in [0.15, 0.2) is 0 Å². The number of hydrogen-bond donors (Lipinski definition) is 1. The van der Waals surface area contributed by atoms with Crippen LogP contribution in [0.2, 0.25) is 0 Å². The van der Waals surface area contributed by atoms with E-state index in [0.717, 1.165) is 12.8 Å². The van der Waals surface area contributed by atoms with Gasteiger partial charge in [0, 0.05) is 33.2 Å². The zero-order valence-corrected chi connectivity index (χ0v) is 13.3. The Hall–Kier alpha value is -0.700. The van der Waals surface area contributed by atoms with E-state index in [1.807, 2.05) is 0 Å². The lowest BCUT2D eigenvalue weighted by Crippen LogP contribution is -2.51. The second-order valence-corrected chi connectivity index (χ2v) is 8.52. The Labute approximate surface area is 125 Å². The normalized spacial score (nSPS) is 34.0. The Morgan fingerprint density at radius 2 is 2.00 bits per heavy atom. The zero-order valence-electron chi connectivity index (χ0n) is 12.5. The van der Waals surface area contributed by atoms with E-state index >= 15 is 0 Å². The fourth-order valence-electron chi connectivity index (χ4n) is 3.18. The van der Waals surface area contributed by atoms with E-state index in [2.05, 4.69) is 5.32 Å². The molecule has 1 N–H and O–H groups in total. The quantitative estimate of drug-likeness (QED) is 0.762. The van der Waals surface area contributed by atoms with Crippen molar-refractivity contribution in [2.45, 2.75) is 43.9 Å². The number of nitrogens with zero attached hydrogens (tertiary/aromatic N) is 2. The van der Waals surface area contributed by atoms with Crippen LogP contribution in [0.5, 0.6) is 0 Å². The van der Waals surface area contributed by atoms with Crippen molar-refractivity contribution in [1.82, 2.24) is 13.9 Å². The average molecular weight is 317 g/mol. The van der Waals surface area contributed by atoms with Crippen molar-refractivity contribution in [2.75, 3.05) is 27.2 Å².